The van der Waals surface area contributed by atoms with Gasteiger partial charge in [0, 0.05) is 23.2 Å². The second kappa shape index (κ2) is 5.54. The average Bonchev–Trinajstić information content (AvgIpc) is 2.83. The fraction of sp³-hybridized carbons (Fsp3) is 0.400. The number of carbonyl (C=O) groups excluding carboxylic acids is 1. The highest BCUT2D eigenvalue weighted by Gasteiger charge is 2.26. The maximum absolute atomic E-state index is 12.6. The van der Waals surface area contributed by atoms with Crippen molar-refractivity contribution < 1.29 is 14.6 Å². The molecule has 3 N–H and O–H groups in total. The number of hydrogen-bond acceptors (Lipinski definition) is 5. The van der Waals surface area contributed by atoms with E-state index in [1.165, 1.54) is 11.3 Å². The van der Waals surface area contributed by atoms with Crippen LogP contribution < -0.4 is 10.5 Å². The van der Waals surface area contributed by atoms with Crippen molar-refractivity contribution in [2.24, 2.45) is 0 Å². The molecule has 21 heavy (non-hydrogen) atoms. The first-order chi connectivity index (χ1) is 10.1. The lowest BCUT2D eigenvalue weighted by Gasteiger charge is -2.29. The lowest BCUT2D eigenvalue weighted by Crippen LogP contribution is -2.42. The SMILES string of the molecule is COc1ccc2c(N)c(C(=O)N3CCCC(O)C3)sc2c1. The molecule has 1 atom stereocenters. The second-order valence-corrected chi connectivity index (χ2v) is 6.31. The Morgan fingerprint density at radius 2 is 2.33 bits per heavy atom. The number of aliphatic hydroxyl groups excluding tert-OH is 1. The molecule has 1 aromatic carbocycles. The number of methoxy groups -OCH3 is 1. The van der Waals surface area contributed by atoms with Crippen LogP contribution in [0.3, 0.4) is 0 Å². The molecule has 0 spiro atoms. The Kier molecular flexibility index (Phi) is 3.73. The van der Waals surface area contributed by atoms with Gasteiger partial charge < -0.3 is 20.5 Å². The summed E-state index contributed by atoms with van der Waals surface area (Å²) < 4.78 is 6.14. The lowest BCUT2D eigenvalue weighted by molar-refractivity contribution is 0.0478. The maximum atomic E-state index is 12.6. The largest absolute Gasteiger partial charge is 0.497 e. The highest BCUT2D eigenvalue weighted by Crippen LogP contribution is 2.36. The van der Waals surface area contributed by atoms with E-state index in [9.17, 15) is 9.90 Å². The van der Waals surface area contributed by atoms with Crippen LogP contribution in [0.25, 0.3) is 10.1 Å². The minimum atomic E-state index is -0.432. The number of anilines is 1. The molecular weight excluding hydrogens is 288 g/mol. The molecule has 0 bridgehead atoms. The maximum Gasteiger partial charge on any atom is 0.266 e. The summed E-state index contributed by atoms with van der Waals surface area (Å²) in [4.78, 5) is 14.8. The van der Waals surface area contributed by atoms with Crippen LogP contribution in [0.2, 0.25) is 0 Å². The normalized spacial score (nSPS) is 19.0. The van der Waals surface area contributed by atoms with E-state index in [0.717, 1.165) is 28.7 Å². The third-order valence-electron chi connectivity index (χ3n) is 3.81. The van der Waals surface area contributed by atoms with E-state index in [2.05, 4.69) is 0 Å². The van der Waals surface area contributed by atoms with Crippen LogP contribution in [-0.2, 0) is 0 Å². The first-order valence-corrected chi connectivity index (χ1v) is 7.75. The van der Waals surface area contributed by atoms with Gasteiger partial charge in [0.2, 0.25) is 0 Å². The number of nitrogen functional groups attached to an aromatic ring is 1. The fourth-order valence-corrected chi connectivity index (χ4v) is 3.78. The van der Waals surface area contributed by atoms with Gasteiger partial charge in [0.05, 0.1) is 18.9 Å². The monoisotopic (exact) mass is 306 g/mol. The van der Waals surface area contributed by atoms with Crippen LogP contribution in [0, 0.1) is 0 Å². The van der Waals surface area contributed by atoms with Crippen molar-refractivity contribution in [3.05, 3.63) is 23.1 Å². The number of benzene rings is 1. The quantitative estimate of drug-likeness (QED) is 0.891. The Morgan fingerprint density at radius 1 is 1.52 bits per heavy atom. The van der Waals surface area contributed by atoms with Crippen LogP contribution in [0.15, 0.2) is 18.2 Å². The Balaban J connectivity index is 1.96. The van der Waals surface area contributed by atoms with E-state index >= 15 is 0 Å². The van der Waals surface area contributed by atoms with E-state index < -0.39 is 6.10 Å². The van der Waals surface area contributed by atoms with E-state index in [0.29, 0.717) is 23.7 Å². The summed E-state index contributed by atoms with van der Waals surface area (Å²) in [7, 11) is 1.61. The van der Waals surface area contributed by atoms with Crippen LogP contribution in [0.5, 0.6) is 5.75 Å². The molecule has 5 nitrogen and oxygen atoms in total. The molecule has 0 saturated carbocycles. The number of amides is 1. The molecule has 1 unspecified atom stereocenters. The second-order valence-electron chi connectivity index (χ2n) is 5.25. The smallest absolute Gasteiger partial charge is 0.266 e. The molecule has 1 aliphatic rings. The van der Waals surface area contributed by atoms with Gasteiger partial charge in [-0.2, -0.15) is 0 Å². The number of piperidine rings is 1. The van der Waals surface area contributed by atoms with E-state index in [-0.39, 0.29) is 5.91 Å². The Labute approximate surface area is 126 Å². The molecule has 2 heterocycles. The number of rotatable bonds is 2. The first-order valence-electron chi connectivity index (χ1n) is 6.93. The van der Waals surface area contributed by atoms with Crippen LogP contribution in [-0.4, -0.2) is 42.2 Å². The van der Waals surface area contributed by atoms with E-state index in [1.807, 2.05) is 18.2 Å². The zero-order valence-electron chi connectivity index (χ0n) is 11.8. The average molecular weight is 306 g/mol. The van der Waals surface area contributed by atoms with Gasteiger partial charge in [0.25, 0.3) is 5.91 Å². The highest BCUT2D eigenvalue weighted by atomic mass is 32.1. The number of carbonyl (C=O) groups is 1. The predicted octanol–water partition coefficient (Wildman–Crippen LogP) is 2.09. The van der Waals surface area contributed by atoms with Gasteiger partial charge in [-0.15, -0.1) is 11.3 Å². The zero-order chi connectivity index (χ0) is 15.0. The van der Waals surface area contributed by atoms with Crippen molar-refractivity contribution in [1.29, 1.82) is 0 Å². The zero-order valence-corrected chi connectivity index (χ0v) is 12.7. The van der Waals surface area contributed by atoms with E-state index in [4.69, 9.17) is 10.5 Å². The standard InChI is InChI=1S/C15H18N2O3S/c1-20-10-4-5-11-12(7-10)21-14(13(11)16)15(19)17-6-2-3-9(18)8-17/h4-5,7,9,18H,2-3,6,8,16H2,1H3. The summed E-state index contributed by atoms with van der Waals surface area (Å²) in [6, 6.07) is 5.60. The Bertz CT molecular complexity index is 683. The number of aliphatic hydroxyl groups is 1. The number of ether oxygens (including phenoxy) is 1. The van der Waals surface area contributed by atoms with Crippen molar-refractivity contribution in [2.45, 2.75) is 18.9 Å². The van der Waals surface area contributed by atoms with Gasteiger partial charge in [-0.1, -0.05) is 0 Å². The topological polar surface area (TPSA) is 75.8 Å². The predicted molar refractivity (Wildman–Crippen MR) is 83.9 cm³/mol. The van der Waals surface area contributed by atoms with Gasteiger partial charge in [-0.05, 0) is 31.0 Å². The molecule has 6 heteroatoms. The summed E-state index contributed by atoms with van der Waals surface area (Å²) in [6.07, 6.45) is 1.15. The molecule has 1 aliphatic heterocycles. The minimum absolute atomic E-state index is 0.0913. The van der Waals surface area contributed by atoms with Gasteiger partial charge >= 0.3 is 0 Å². The van der Waals surface area contributed by atoms with Crippen molar-refractivity contribution in [1.82, 2.24) is 4.90 Å². The van der Waals surface area contributed by atoms with Gasteiger partial charge in [0.1, 0.15) is 10.6 Å². The molecular formula is C15H18N2O3S. The van der Waals surface area contributed by atoms with Gasteiger partial charge in [0.15, 0.2) is 0 Å². The molecule has 0 radical (unpaired) electrons. The summed E-state index contributed by atoms with van der Waals surface area (Å²) >= 11 is 1.38. The van der Waals surface area contributed by atoms with Crippen LogP contribution in [0.1, 0.15) is 22.5 Å². The van der Waals surface area contributed by atoms with Crippen molar-refractivity contribution in [3.8, 4) is 5.75 Å². The first kappa shape index (κ1) is 14.2. The summed E-state index contributed by atoms with van der Waals surface area (Å²) in [6.45, 7) is 1.06. The van der Waals surface area contributed by atoms with Crippen LogP contribution >= 0.6 is 11.3 Å². The number of nitrogens with two attached hydrogens (primary N) is 1. The van der Waals surface area contributed by atoms with E-state index in [1.54, 1.807) is 12.0 Å². The fourth-order valence-electron chi connectivity index (χ4n) is 2.67. The number of hydrogen-bond donors (Lipinski definition) is 2. The summed E-state index contributed by atoms with van der Waals surface area (Å²) in [5.41, 5.74) is 6.65. The molecule has 1 amide bonds. The summed E-state index contributed by atoms with van der Waals surface area (Å²) in [5, 5.41) is 10.6. The van der Waals surface area contributed by atoms with Crippen molar-refractivity contribution >= 4 is 33.0 Å². The van der Waals surface area contributed by atoms with Crippen molar-refractivity contribution in [3.63, 3.8) is 0 Å². The molecule has 0 aliphatic carbocycles. The molecule has 3 rings (SSSR count). The number of thiophene rings is 1. The third kappa shape index (κ3) is 2.56. The minimum Gasteiger partial charge on any atom is -0.497 e. The Hall–Kier alpha value is -1.79. The molecule has 112 valence electrons. The van der Waals surface area contributed by atoms with Crippen molar-refractivity contribution in [2.75, 3.05) is 25.9 Å². The molecule has 1 fully saturated rings. The van der Waals surface area contributed by atoms with Gasteiger partial charge in [-0.25, -0.2) is 0 Å². The summed E-state index contributed by atoms with van der Waals surface area (Å²) in [5.74, 6) is 0.655. The number of nitrogens with zero attached hydrogens (tertiary/aromatic N) is 1. The molecule has 1 aromatic heterocycles. The van der Waals surface area contributed by atoms with Crippen LogP contribution in [0.4, 0.5) is 5.69 Å². The number of β-amino-alcohol motifs (C(OH)–C–C–N with tert-alkyl or cyclic N) is 1. The number of fused-ring (bicyclic) bond motifs is 1. The Morgan fingerprint density at radius 3 is 3.05 bits per heavy atom. The molecule has 2 aromatic rings. The lowest BCUT2D eigenvalue weighted by atomic mass is 10.1. The number of likely N-dealkylation sites (tertiary alicyclic amines) is 1. The highest BCUT2D eigenvalue weighted by molar-refractivity contribution is 7.21. The molecule has 1 saturated heterocycles. The third-order valence-corrected chi connectivity index (χ3v) is 4.97. The van der Waals surface area contributed by atoms with Gasteiger partial charge in [-0.3, -0.25) is 4.79 Å².